The lowest BCUT2D eigenvalue weighted by molar-refractivity contribution is -0.122. The molecule has 0 bridgehead atoms. The van der Waals surface area contributed by atoms with Gasteiger partial charge in [-0.1, -0.05) is 26.0 Å². The van der Waals surface area contributed by atoms with Crippen LogP contribution < -0.4 is 10.2 Å². The monoisotopic (exact) mass is 272 g/mol. The predicted molar refractivity (Wildman–Crippen MR) is 77.1 cm³/mol. The van der Waals surface area contributed by atoms with E-state index in [4.69, 9.17) is 0 Å². The van der Waals surface area contributed by atoms with Crippen LogP contribution in [0.5, 0.6) is 0 Å². The summed E-state index contributed by atoms with van der Waals surface area (Å²) in [6.45, 7) is 4.44. The molecule has 2 atom stereocenters. The average Bonchev–Trinajstić information content (AvgIpc) is 3.25. The maximum atomic E-state index is 12.2. The van der Waals surface area contributed by atoms with Gasteiger partial charge < -0.3 is 5.32 Å². The third-order valence-corrected chi connectivity index (χ3v) is 4.31. The number of anilines is 1. The smallest absolute Gasteiger partial charge is 0.237 e. The van der Waals surface area contributed by atoms with Gasteiger partial charge in [0.05, 0.1) is 5.69 Å². The second-order valence-electron chi connectivity index (χ2n) is 5.91. The molecule has 1 aromatic rings. The Morgan fingerprint density at radius 2 is 1.80 bits per heavy atom. The molecule has 0 aromatic heterocycles. The topological polar surface area (TPSA) is 49.4 Å². The number of rotatable bonds is 4. The molecule has 2 aliphatic rings. The second-order valence-corrected chi connectivity index (χ2v) is 5.91. The van der Waals surface area contributed by atoms with Crippen molar-refractivity contribution in [1.29, 1.82) is 0 Å². The number of nitrogens with one attached hydrogen (secondary N) is 1. The highest BCUT2D eigenvalue weighted by Gasteiger charge is 2.43. The normalized spacial score (nSPS) is 26.4. The van der Waals surface area contributed by atoms with Crippen molar-refractivity contribution >= 4 is 17.5 Å². The first-order valence-electron chi connectivity index (χ1n) is 7.28. The van der Waals surface area contributed by atoms with Crippen LogP contribution in [0.1, 0.15) is 32.3 Å². The summed E-state index contributed by atoms with van der Waals surface area (Å²) in [7, 11) is 0. The molecule has 1 aliphatic heterocycles. The zero-order valence-corrected chi connectivity index (χ0v) is 11.9. The number of nitrogens with zero attached hydrogens (tertiary/aromatic N) is 1. The molecule has 1 aromatic carbocycles. The Morgan fingerprint density at radius 1 is 1.15 bits per heavy atom. The van der Waals surface area contributed by atoms with Gasteiger partial charge in [-0.25, -0.2) is 0 Å². The van der Waals surface area contributed by atoms with Gasteiger partial charge in [0.2, 0.25) is 11.8 Å². The molecule has 1 saturated carbocycles. The van der Waals surface area contributed by atoms with E-state index in [1.165, 1.54) is 17.7 Å². The molecule has 106 valence electrons. The van der Waals surface area contributed by atoms with E-state index in [1.807, 2.05) is 38.1 Å². The molecule has 0 spiro atoms. The van der Waals surface area contributed by atoms with Gasteiger partial charge in [0.1, 0.15) is 0 Å². The lowest BCUT2D eigenvalue weighted by Gasteiger charge is -2.16. The first-order valence-corrected chi connectivity index (χ1v) is 7.28. The van der Waals surface area contributed by atoms with E-state index >= 15 is 0 Å². The van der Waals surface area contributed by atoms with Crippen molar-refractivity contribution in [3.63, 3.8) is 0 Å². The lowest BCUT2D eigenvalue weighted by Crippen LogP contribution is -2.30. The molecule has 1 heterocycles. The fourth-order valence-corrected chi connectivity index (χ4v) is 2.55. The van der Waals surface area contributed by atoms with Crippen LogP contribution in [0, 0.1) is 11.8 Å². The minimum atomic E-state index is -0.226. The third-order valence-electron chi connectivity index (χ3n) is 4.31. The van der Waals surface area contributed by atoms with Crippen molar-refractivity contribution in [3.05, 3.63) is 29.8 Å². The molecule has 20 heavy (non-hydrogen) atoms. The Balaban J connectivity index is 1.80. The molecule has 2 amide bonds. The van der Waals surface area contributed by atoms with Crippen molar-refractivity contribution in [3.8, 4) is 0 Å². The molecule has 0 radical (unpaired) electrons. The van der Waals surface area contributed by atoms with Gasteiger partial charge in [-0.3, -0.25) is 14.5 Å². The summed E-state index contributed by atoms with van der Waals surface area (Å²) in [5.41, 5.74) is 1.81. The summed E-state index contributed by atoms with van der Waals surface area (Å²) in [6.07, 6.45) is 2.50. The molecule has 1 N–H and O–H groups in total. The average molecular weight is 272 g/mol. The summed E-state index contributed by atoms with van der Waals surface area (Å²) in [5.74, 6) is -0.629. The van der Waals surface area contributed by atoms with E-state index in [1.54, 1.807) is 0 Å². The number of hydrogen-bond acceptors (Lipinski definition) is 3. The van der Waals surface area contributed by atoms with E-state index in [0.29, 0.717) is 11.7 Å². The van der Waals surface area contributed by atoms with Crippen molar-refractivity contribution in [1.82, 2.24) is 5.32 Å². The fourth-order valence-electron chi connectivity index (χ4n) is 2.55. The summed E-state index contributed by atoms with van der Waals surface area (Å²) in [5, 5.41) is 3.44. The minimum Gasteiger partial charge on any atom is -0.310 e. The predicted octanol–water partition coefficient (Wildman–Crippen LogP) is 2.08. The third kappa shape index (κ3) is 2.36. The van der Waals surface area contributed by atoms with Crippen molar-refractivity contribution in [2.45, 2.75) is 39.3 Å². The van der Waals surface area contributed by atoms with Crippen molar-refractivity contribution < 1.29 is 9.59 Å². The molecule has 2 unspecified atom stereocenters. The SMILES string of the molecule is CC1C(=O)N(c2cccc(CNC3CC3)c2)C(=O)C1C. The van der Waals surface area contributed by atoms with Crippen LogP contribution in [0.25, 0.3) is 0 Å². The Bertz CT molecular complexity index is 531. The van der Waals surface area contributed by atoms with Crippen LogP contribution in [0.3, 0.4) is 0 Å². The summed E-state index contributed by atoms with van der Waals surface area (Å²) in [6, 6.07) is 8.36. The first-order chi connectivity index (χ1) is 9.58. The number of amides is 2. The summed E-state index contributed by atoms with van der Waals surface area (Å²) in [4.78, 5) is 25.8. The van der Waals surface area contributed by atoms with E-state index in [9.17, 15) is 9.59 Å². The van der Waals surface area contributed by atoms with Crippen LogP contribution in [-0.2, 0) is 16.1 Å². The molecule has 4 nitrogen and oxygen atoms in total. The molecule has 2 fully saturated rings. The lowest BCUT2D eigenvalue weighted by atomic mass is 10.00. The van der Waals surface area contributed by atoms with Gasteiger partial charge in [-0.2, -0.15) is 0 Å². The Labute approximate surface area is 119 Å². The van der Waals surface area contributed by atoms with Gasteiger partial charge >= 0.3 is 0 Å². The van der Waals surface area contributed by atoms with Gasteiger partial charge in [-0.05, 0) is 30.5 Å². The number of carbonyl (C=O) groups is 2. The molecule has 4 heteroatoms. The van der Waals surface area contributed by atoms with Gasteiger partial charge in [0.25, 0.3) is 0 Å². The number of benzene rings is 1. The minimum absolute atomic E-state index is 0.0881. The van der Waals surface area contributed by atoms with Gasteiger partial charge in [0.15, 0.2) is 0 Å². The van der Waals surface area contributed by atoms with Crippen molar-refractivity contribution in [2.24, 2.45) is 11.8 Å². The number of hydrogen-bond donors (Lipinski definition) is 1. The zero-order chi connectivity index (χ0) is 14.3. The van der Waals surface area contributed by atoms with Crippen LogP contribution in [0.4, 0.5) is 5.69 Å². The van der Waals surface area contributed by atoms with Crippen LogP contribution in [0.15, 0.2) is 24.3 Å². The molecule has 1 aliphatic carbocycles. The van der Waals surface area contributed by atoms with E-state index in [-0.39, 0.29) is 23.7 Å². The second kappa shape index (κ2) is 5.02. The zero-order valence-electron chi connectivity index (χ0n) is 11.9. The first kappa shape index (κ1) is 13.3. The molecular weight excluding hydrogens is 252 g/mol. The van der Waals surface area contributed by atoms with E-state index in [0.717, 1.165) is 12.1 Å². The Hall–Kier alpha value is -1.68. The van der Waals surface area contributed by atoms with Crippen LogP contribution in [0.2, 0.25) is 0 Å². The highest BCUT2D eigenvalue weighted by atomic mass is 16.2. The van der Waals surface area contributed by atoms with E-state index in [2.05, 4.69) is 5.32 Å². The standard InChI is InChI=1S/C16H20N2O2/c1-10-11(2)16(20)18(15(10)19)14-5-3-4-12(8-14)9-17-13-6-7-13/h3-5,8,10-11,13,17H,6-7,9H2,1-2H3. The quantitative estimate of drug-likeness (QED) is 0.854. The summed E-state index contributed by atoms with van der Waals surface area (Å²) < 4.78 is 0. The number of imide groups is 1. The van der Waals surface area contributed by atoms with Crippen LogP contribution in [-0.4, -0.2) is 17.9 Å². The Morgan fingerprint density at radius 3 is 2.40 bits per heavy atom. The van der Waals surface area contributed by atoms with Gasteiger partial charge in [-0.15, -0.1) is 0 Å². The van der Waals surface area contributed by atoms with Crippen LogP contribution >= 0.6 is 0 Å². The Kier molecular flexibility index (Phi) is 3.34. The van der Waals surface area contributed by atoms with Crippen molar-refractivity contribution in [2.75, 3.05) is 4.90 Å². The maximum Gasteiger partial charge on any atom is 0.237 e. The molecule has 3 rings (SSSR count). The number of carbonyl (C=O) groups excluding carboxylic acids is 2. The van der Waals surface area contributed by atoms with E-state index < -0.39 is 0 Å². The maximum absolute atomic E-state index is 12.2. The summed E-state index contributed by atoms with van der Waals surface area (Å²) >= 11 is 0. The highest BCUT2D eigenvalue weighted by Crippen LogP contribution is 2.30. The van der Waals surface area contributed by atoms with Gasteiger partial charge in [0, 0.05) is 24.4 Å². The molecular formula is C16H20N2O2. The fraction of sp³-hybridized carbons (Fsp3) is 0.500. The molecule has 1 saturated heterocycles. The largest absolute Gasteiger partial charge is 0.310 e. The highest BCUT2D eigenvalue weighted by molar-refractivity contribution is 6.21.